The number of hydrogen-bond acceptors (Lipinski definition) is 3. The molecule has 0 amide bonds. The molecule has 0 aliphatic carbocycles. The average Bonchev–Trinajstić information content (AvgIpc) is 2.39. The average molecular weight is 258 g/mol. The Labute approximate surface area is 111 Å². The zero-order chi connectivity index (χ0) is 13.0. The predicted molar refractivity (Wildman–Crippen MR) is 72.5 cm³/mol. The van der Waals surface area contributed by atoms with E-state index in [1.807, 2.05) is 36.3 Å². The van der Waals surface area contributed by atoms with Crippen molar-refractivity contribution >= 4 is 17.3 Å². The number of halogens is 1. The summed E-state index contributed by atoms with van der Waals surface area (Å²) in [6, 6.07) is 11.3. The first-order valence-corrected chi connectivity index (χ1v) is 5.88. The van der Waals surface area contributed by atoms with E-state index in [4.69, 9.17) is 16.9 Å². The van der Waals surface area contributed by atoms with Crippen LogP contribution in [0.3, 0.4) is 0 Å². The van der Waals surface area contributed by atoms with Crippen LogP contribution in [-0.2, 0) is 6.54 Å². The SMILES string of the molecule is CN(Cc1cccnc1)c1ccc(C#N)cc1Cl. The Kier molecular flexibility index (Phi) is 3.81. The van der Waals surface area contributed by atoms with Gasteiger partial charge >= 0.3 is 0 Å². The second-order valence-electron chi connectivity index (χ2n) is 4.00. The van der Waals surface area contributed by atoms with Crippen LogP contribution in [0.25, 0.3) is 0 Å². The maximum atomic E-state index is 8.80. The predicted octanol–water partition coefficient (Wildman–Crippen LogP) is 3.24. The monoisotopic (exact) mass is 257 g/mol. The fourth-order valence-electron chi connectivity index (χ4n) is 1.74. The fraction of sp³-hybridized carbons (Fsp3) is 0.143. The van der Waals surface area contributed by atoms with Gasteiger partial charge in [0, 0.05) is 26.0 Å². The third-order valence-corrected chi connectivity index (χ3v) is 2.93. The Morgan fingerprint density at radius 3 is 2.83 bits per heavy atom. The molecule has 3 nitrogen and oxygen atoms in total. The molecular formula is C14H12ClN3. The van der Waals surface area contributed by atoms with Crippen LogP contribution in [0.4, 0.5) is 5.69 Å². The minimum atomic E-state index is 0.568. The molecular weight excluding hydrogens is 246 g/mol. The molecule has 0 unspecified atom stereocenters. The molecule has 0 aliphatic heterocycles. The van der Waals surface area contributed by atoms with E-state index in [0.29, 0.717) is 10.6 Å². The summed E-state index contributed by atoms with van der Waals surface area (Å²) in [5.41, 5.74) is 2.58. The maximum absolute atomic E-state index is 8.80. The normalized spacial score (nSPS) is 9.83. The van der Waals surface area contributed by atoms with Crippen LogP contribution in [-0.4, -0.2) is 12.0 Å². The van der Waals surface area contributed by atoms with Gasteiger partial charge < -0.3 is 4.90 Å². The van der Waals surface area contributed by atoms with E-state index in [0.717, 1.165) is 17.8 Å². The first-order chi connectivity index (χ1) is 8.70. The number of hydrogen-bond donors (Lipinski definition) is 0. The van der Waals surface area contributed by atoms with Crippen molar-refractivity contribution in [2.24, 2.45) is 0 Å². The van der Waals surface area contributed by atoms with Gasteiger partial charge in [-0.3, -0.25) is 4.98 Å². The van der Waals surface area contributed by atoms with Crippen molar-refractivity contribution in [2.75, 3.05) is 11.9 Å². The number of pyridine rings is 1. The summed E-state index contributed by atoms with van der Waals surface area (Å²) >= 11 is 6.16. The molecule has 0 saturated carbocycles. The second kappa shape index (κ2) is 5.52. The molecule has 1 aromatic heterocycles. The maximum Gasteiger partial charge on any atom is 0.0992 e. The van der Waals surface area contributed by atoms with Gasteiger partial charge in [0.2, 0.25) is 0 Å². The van der Waals surface area contributed by atoms with Gasteiger partial charge in [0.05, 0.1) is 22.3 Å². The molecule has 0 saturated heterocycles. The minimum Gasteiger partial charge on any atom is -0.369 e. The zero-order valence-corrected chi connectivity index (χ0v) is 10.7. The Hall–Kier alpha value is -2.05. The van der Waals surface area contributed by atoms with Crippen LogP contribution in [0.5, 0.6) is 0 Å². The molecule has 90 valence electrons. The summed E-state index contributed by atoms with van der Waals surface area (Å²) < 4.78 is 0. The third-order valence-electron chi connectivity index (χ3n) is 2.63. The number of aromatic nitrogens is 1. The first-order valence-electron chi connectivity index (χ1n) is 5.50. The Bertz CT molecular complexity index is 575. The van der Waals surface area contributed by atoms with Crippen molar-refractivity contribution in [1.29, 1.82) is 5.26 Å². The van der Waals surface area contributed by atoms with Gasteiger partial charge in [0.25, 0.3) is 0 Å². The molecule has 1 heterocycles. The summed E-state index contributed by atoms with van der Waals surface area (Å²) in [7, 11) is 1.96. The van der Waals surface area contributed by atoms with Gasteiger partial charge in [-0.15, -0.1) is 0 Å². The van der Waals surface area contributed by atoms with Crippen molar-refractivity contribution in [3.05, 3.63) is 58.9 Å². The molecule has 4 heteroatoms. The van der Waals surface area contributed by atoms with Crippen molar-refractivity contribution < 1.29 is 0 Å². The Morgan fingerprint density at radius 2 is 2.22 bits per heavy atom. The van der Waals surface area contributed by atoms with E-state index >= 15 is 0 Å². The van der Waals surface area contributed by atoms with Crippen molar-refractivity contribution in [3.63, 3.8) is 0 Å². The van der Waals surface area contributed by atoms with E-state index in [2.05, 4.69) is 11.1 Å². The van der Waals surface area contributed by atoms with Gasteiger partial charge in [0.1, 0.15) is 0 Å². The number of rotatable bonds is 3. The third kappa shape index (κ3) is 2.79. The molecule has 18 heavy (non-hydrogen) atoms. The smallest absolute Gasteiger partial charge is 0.0992 e. The summed E-state index contributed by atoms with van der Waals surface area (Å²) in [5.74, 6) is 0. The molecule has 0 radical (unpaired) electrons. The highest BCUT2D eigenvalue weighted by Gasteiger charge is 2.07. The van der Waals surface area contributed by atoms with Crippen LogP contribution in [0, 0.1) is 11.3 Å². The molecule has 0 spiro atoms. The highest BCUT2D eigenvalue weighted by atomic mass is 35.5. The summed E-state index contributed by atoms with van der Waals surface area (Å²) in [4.78, 5) is 6.11. The van der Waals surface area contributed by atoms with E-state index in [9.17, 15) is 0 Å². The minimum absolute atomic E-state index is 0.568. The summed E-state index contributed by atoms with van der Waals surface area (Å²) in [6.45, 7) is 0.722. The number of benzene rings is 1. The Morgan fingerprint density at radius 1 is 1.39 bits per heavy atom. The largest absolute Gasteiger partial charge is 0.369 e. The van der Waals surface area contributed by atoms with Gasteiger partial charge in [-0.1, -0.05) is 17.7 Å². The topological polar surface area (TPSA) is 39.9 Å². The number of nitrogens with zero attached hydrogens (tertiary/aromatic N) is 3. The highest BCUT2D eigenvalue weighted by molar-refractivity contribution is 6.33. The number of anilines is 1. The lowest BCUT2D eigenvalue weighted by molar-refractivity contribution is 0.915. The highest BCUT2D eigenvalue weighted by Crippen LogP contribution is 2.26. The van der Waals surface area contributed by atoms with Crippen LogP contribution < -0.4 is 4.90 Å². The van der Waals surface area contributed by atoms with Crippen molar-refractivity contribution in [1.82, 2.24) is 4.98 Å². The first kappa shape index (κ1) is 12.4. The lowest BCUT2D eigenvalue weighted by atomic mass is 10.2. The molecule has 0 aliphatic rings. The molecule has 0 N–H and O–H groups in total. The van der Waals surface area contributed by atoms with Crippen molar-refractivity contribution in [3.8, 4) is 6.07 Å². The fourth-order valence-corrected chi connectivity index (χ4v) is 2.06. The lowest BCUT2D eigenvalue weighted by Gasteiger charge is -2.20. The summed E-state index contributed by atoms with van der Waals surface area (Å²) in [5, 5.41) is 9.38. The van der Waals surface area contributed by atoms with Gasteiger partial charge in [-0.25, -0.2) is 0 Å². The van der Waals surface area contributed by atoms with Gasteiger partial charge in [-0.05, 0) is 29.8 Å². The quantitative estimate of drug-likeness (QED) is 0.847. The Balaban J connectivity index is 2.19. The second-order valence-corrected chi connectivity index (χ2v) is 4.40. The van der Waals surface area contributed by atoms with E-state index < -0.39 is 0 Å². The molecule has 0 atom stereocenters. The zero-order valence-electron chi connectivity index (χ0n) is 9.97. The van der Waals surface area contributed by atoms with Gasteiger partial charge in [0.15, 0.2) is 0 Å². The lowest BCUT2D eigenvalue weighted by Crippen LogP contribution is -2.16. The molecule has 0 bridgehead atoms. The van der Waals surface area contributed by atoms with E-state index in [1.165, 1.54) is 0 Å². The van der Waals surface area contributed by atoms with Crippen LogP contribution in [0.1, 0.15) is 11.1 Å². The van der Waals surface area contributed by atoms with Crippen LogP contribution in [0.15, 0.2) is 42.7 Å². The molecule has 2 rings (SSSR count). The standard InChI is InChI=1S/C14H12ClN3/c1-18(10-12-3-2-6-17-9-12)14-5-4-11(8-16)7-13(14)15/h2-7,9H,10H2,1H3. The molecule has 2 aromatic rings. The van der Waals surface area contributed by atoms with E-state index in [1.54, 1.807) is 18.3 Å². The van der Waals surface area contributed by atoms with Gasteiger partial charge in [-0.2, -0.15) is 5.26 Å². The van der Waals surface area contributed by atoms with Crippen molar-refractivity contribution in [2.45, 2.75) is 6.54 Å². The molecule has 0 fully saturated rings. The number of nitriles is 1. The van der Waals surface area contributed by atoms with Crippen LogP contribution >= 0.6 is 11.6 Å². The van der Waals surface area contributed by atoms with E-state index in [-0.39, 0.29) is 0 Å². The van der Waals surface area contributed by atoms with Crippen LogP contribution in [0.2, 0.25) is 5.02 Å². The molecule has 1 aromatic carbocycles. The summed E-state index contributed by atoms with van der Waals surface area (Å²) in [6.07, 6.45) is 3.58.